The number of carboxylic acid groups (broad SMARTS) is 1. The van der Waals surface area contributed by atoms with Crippen molar-refractivity contribution >= 4 is 16.0 Å². The molecule has 0 radical (unpaired) electrons. The van der Waals surface area contributed by atoms with Gasteiger partial charge < -0.3 is 5.11 Å². The van der Waals surface area contributed by atoms with Crippen LogP contribution < -0.4 is 4.72 Å². The summed E-state index contributed by atoms with van der Waals surface area (Å²) in [5.41, 5.74) is -0.564. The van der Waals surface area contributed by atoms with Crippen molar-refractivity contribution in [2.45, 2.75) is 18.2 Å². The van der Waals surface area contributed by atoms with Gasteiger partial charge >= 0.3 is 5.97 Å². The minimum Gasteiger partial charge on any atom is -0.481 e. The number of nitriles is 1. The number of hydrogen-bond donors (Lipinski definition) is 2. The summed E-state index contributed by atoms with van der Waals surface area (Å²) >= 11 is 0. The van der Waals surface area contributed by atoms with Gasteiger partial charge in [-0.15, -0.1) is 0 Å². The van der Waals surface area contributed by atoms with Gasteiger partial charge in [-0.1, -0.05) is 13.0 Å². The van der Waals surface area contributed by atoms with Gasteiger partial charge in [0.05, 0.1) is 5.92 Å². The average Bonchev–Trinajstić information content (AvgIpc) is 2.37. The summed E-state index contributed by atoms with van der Waals surface area (Å²) in [5.74, 6) is -2.66. The molecule has 0 amide bonds. The second kappa shape index (κ2) is 6.45. The SMILES string of the molecule is CC(CCNS(=O)(=O)c1cccc(F)c1C#N)C(=O)O. The summed E-state index contributed by atoms with van der Waals surface area (Å²) in [6.07, 6.45) is 0.0891. The van der Waals surface area contributed by atoms with Crippen molar-refractivity contribution in [1.82, 2.24) is 4.72 Å². The zero-order valence-electron chi connectivity index (χ0n) is 10.6. The summed E-state index contributed by atoms with van der Waals surface area (Å²) < 4.78 is 39.4. The van der Waals surface area contributed by atoms with Crippen LogP contribution in [0.15, 0.2) is 23.1 Å². The van der Waals surface area contributed by atoms with Crippen molar-refractivity contribution in [2.24, 2.45) is 5.92 Å². The first-order valence-corrected chi connectivity index (χ1v) is 7.19. The van der Waals surface area contributed by atoms with Gasteiger partial charge in [0.1, 0.15) is 22.3 Å². The Morgan fingerprint density at radius 2 is 2.20 bits per heavy atom. The molecule has 0 saturated carbocycles. The van der Waals surface area contributed by atoms with Gasteiger partial charge in [-0.05, 0) is 18.6 Å². The number of halogens is 1. The molecule has 0 aliphatic carbocycles. The molecule has 20 heavy (non-hydrogen) atoms. The van der Waals surface area contributed by atoms with E-state index >= 15 is 0 Å². The second-order valence-electron chi connectivity index (χ2n) is 4.15. The Bertz CT molecular complexity index is 652. The van der Waals surface area contributed by atoms with Crippen molar-refractivity contribution in [1.29, 1.82) is 5.26 Å². The lowest BCUT2D eigenvalue weighted by molar-refractivity contribution is -0.141. The Balaban J connectivity index is 2.88. The third-order valence-corrected chi connectivity index (χ3v) is 4.17. The molecular formula is C12H13FN2O4S. The van der Waals surface area contributed by atoms with E-state index in [1.807, 2.05) is 0 Å². The minimum absolute atomic E-state index is 0.0891. The van der Waals surface area contributed by atoms with Crippen LogP contribution in [0.5, 0.6) is 0 Å². The number of nitrogens with zero attached hydrogens (tertiary/aromatic N) is 1. The standard InChI is InChI=1S/C12H13FN2O4S/c1-8(12(16)17)5-6-15-20(18,19)11-4-2-3-10(13)9(11)7-14/h2-4,8,15H,5-6H2,1H3,(H,16,17). The van der Waals surface area contributed by atoms with Gasteiger partial charge in [0, 0.05) is 6.54 Å². The van der Waals surface area contributed by atoms with E-state index < -0.39 is 38.2 Å². The van der Waals surface area contributed by atoms with E-state index in [0.29, 0.717) is 0 Å². The Kier molecular flexibility index (Phi) is 5.19. The highest BCUT2D eigenvalue weighted by molar-refractivity contribution is 7.89. The van der Waals surface area contributed by atoms with Crippen LogP contribution in [0.1, 0.15) is 18.9 Å². The first-order valence-electron chi connectivity index (χ1n) is 5.70. The minimum atomic E-state index is -4.05. The van der Waals surface area contributed by atoms with Crippen LogP contribution in [0.25, 0.3) is 0 Å². The largest absolute Gasteiger partial charge is 0.481 e. The van der Waals surface area contributed by atoms with Crippen molar-refractivity contribution in [2.75, 3.05) is 6.54 Å². The zero-order valence-corrected chi connectivity index (χ0v) is 11.4. The van der Waals surface area contributed by atoms with Crippen LogP contribution in [-0.2, 0) is 14.8 Å². The number of nitrogens with one attached hydrogen (secondary N) is 1. The fourth-order valence-electron chi connectivity index (χ4n) is 1.45. The summed E-state index contributed by atoms with van der Waals surface area (Å²) in [7, 11) is -4.05. The van der Waals surface area contributed by atoms with E-state index in [1.54, 1.807) is 0 Å². The number of rotatable bonds is 6. The first kappa shape index (κ1) is 16.1. The summed E-state index contributed by atoms with van der Waals surface area (Å²) in [6.45, 7) is 1.33. The highest BCUT2D eigenvalue weighted by Crippen LogP contribution is 2.17. The van der Waals surface area contributed by atoms with E-state index in [2.05, 4.69) is 4.72 Å². The normalized spacial score (nSPS) is 12.7. The monoisotopic (exact) mass is 300 g/mol. The lowest BCUT2D eigenvalue weighted by Crippen LogP contribution is -2.28. The van der Waals surface area contributed by atoms with Crippen molar-refractivity contribution in [3.8, 4) is 6.07 Å². The maximum absolute atomic E-state index is 13.3. The molecule has 8 heteroatoms. The predicted octanol–water partition coefficient (Wildman–Crippen LogP) is 1.09. The van der Waals surface area contributed by atoms with Gasteiger partial charge in [0.2, 0.25) is 10.0 Å². The Hall–Kier alpha value is -1.98. The second-order valence-corrected chi connectivity index (χ2v) is 5.89. The van der Waals surface area contributed by atoms with Crippen LogP contribution >= 0.6 is 0 Å². The number of benzene rings is 1. The van der Waals surface area contributed by atoms with Gasteiger partial charge in [-0.3, -0.25) is 4.79 Å². The van der Waals surface area contributed by atoms with Crippen molar-refractivity contribution in [3.63, 3.8) is 0 Å². The van der Waals surface area contributed by atoms with Crippen LogP contribution in [-0.4, -0.2) is 26.0 Å². The summed E-state index contributed by atoms with van der Waals surface area (Å²) in [5, 5.41) is 17.5. The molecule has 0 saturated heterocycles. The Labute approximate surface area is 115 Å². The molecule has 1 aromatic carbocycles. The molecule has 1 aromatic rings. The van der Waals surface area contributed by atoms with Crippen LogP contribution in [0.3, 0.4) is 0 Å². The number of carbonyl (C=O) groups is 1. The highest BCUT2D eigenvalue weighted by Gasteiger charge is 2.21. The lowest BCUT2D eigenvalue weighted by Gasteiger charge is -2.10. The van der Waals surface area contributed by atoms with Crippen LogP contribution in [0.4, 0.5) is 4.39 Å². The first-order chi connectivity index (χ1) is 9.29. The van der Waals surface area contributed by atoms with E-state index in [4.69, 9.17) is 10.4 Å². The number of aliphatic carboxylic acids is 1. The van der Waals surface area contributed by atoms with Gasteiger partial charge in [0.15, 0.2) is 0 Å². The molecule has 1 atom stereocenters. The maximum atomic E-state index is 13.3. The zero-order chi connectivity index (χ0) is 15.3. The van der Waals surface area contributed by atoms with Gasteiger partial charge in [-0.25, -0.2) is 17.5 Å². The number of carboxylic acids is 1. The molecule has 0 fully saturated rings. The van der Waals surface area contributed by atoms with Crippen LogP contribution in [0.2, 0.25) is 0 Å². The average molecular weight is 300 g/mol. The maximum Gasteiger partial charge on any atom is 0.306 e. The smallest absolute Gasteiger partial charge is 0.306 e. The Morgan fingerprint density at radius 3 is 2.75 bits per heavy atom. The molecule has 1 unspecified atom stereocenters. The van der Waals surface area contributed by atoms with Gasteiger partial charge in [-0.2, -0.15) is 5.26 Å². The summed E-state index contributed by atoms with van der Waals surface area (Å²) in [4.78, 5) is 10.1. The number of hydrogen-bond acceptors (Lipinski definition) is 4. The van der Waals surface area contributed by atoms with Crippen molar-refractivity contribution < 1.29 is 22.7 Å². The summed E-state index contributed by atoms with van der Waals surface area (Å²) in [6, 6.07) is 4.79. The molecule has 0 spiro atoms. The third-order valence-electron chi connectivity index (χ3n) is 2.67. The van der Waals surface area contributed by atoms with E-state index in [0.717, 1.165) is 12.1 Å². The van der Waals surface area contributed by atoms with Crippen LogP contribution in [0, 0.1) is 23.1 Å². The molecule has 6 nitrogen and oxygen atoms in total. The molecule has 1 rings (SSSR count). The molecule has 2 N–H and O–H groups in total. The quantitative estimate of drug-likeness (QED) is 0.817. The van der Waals surface area contributed by atoms with E-state index in [9.17, 15) is 17.6 Å². The Morgan fingerprint density at radius 1 is 1.55 bits per heavy atom. The third kappa shape index (κ3) is 3.76. The molecule has 0 aliphatic heterocycles. The predicted molar refractivity (Wildman–Crippen MR) is 67.7 cm³/mol. The topological polar surface area (TPSA) is 107 Å². The lowest BCUT2D eigenvalue weighted by atomic mass is 10.1. The van der Waals surface area contributed by atoms with E-state index in [1.165, 1.54) is 19.1 Å². The fourth-order valence-corrected chi connectivity index (χ4v) is 2.66. The molecular weight excluding hydrogens is 287 g/mol. The molecule has 0 aliphatic rings. The fraction of sp³-hybridized carbons (Fsp3) is 0.333. The molecule has 0 bridgehead atoms. The van der Waals surface area contributed by atoms with E-state index in [-0.39, 0.29) is 13.0 Å². The molecule has 108 valence electrons. The number of sulfonamides is 1. The molecule has 0 heterocycles. The molecule has 0 aromatic heterocycles. The van der Waals surface area contributed by atoms with Crippen molar-refractivity contribution in [3.05, 3.63) is 29.6 Å². The van der Waals surface area contributed by atoms with Gasteiger partial charge in [0.25, 0.3) is 0 Å². The highest BCUT2D eigenvalue weighted by atomic mass is 32.2.